The van der Waals surface area contributed by atoms with E-state index in [1.54, 1.807) is 0 Å². The van der Waals surface area contributed by atoms with Crippen LogP contribution in [-0.2, 0) is 0 Å². The first-order chi connectivity index (χ1) is 6.29. The summed E-state index contributed by atoms with van der Waals surface area (Å²) in [6.45, 7) is 3.79. The highest BCUT2D eigenvalue weighted by Gasteiger charge is 2.33. The van der Waals surface area contributed by atoms with E-state index < -0.39 is 0 Å². The first kappa shape index (κ1) is 9.44. The number of rotatable bonds is 1. The summed E-state index contributed by atoms with van der Waals surface area (Å²) < 4.78 is 0. The molecule has 0 aromatic carbocycles. The number of nitrogens with one attached hydrogen (secondary N) is 1. The molecule has 0 saturated carbocycles. The van der Waals surface area contributed by atoms with Crippen LogP contribution < -0.4 is 5.32 Å². The third-order valence-electron chi connectivity index (χ3n) is 3.50. The van der Waals surface area contributed by atoms with E-state index >= 15 is 0 Å². The molecule has 3 atom stereocenters. The molecular formula is C10H20N2O. The summed E-state index contributed by atoms with van der Waals surface area (Å²) in [6, 6.07) is 0.721. The Morgan fingerprint density at radius 1 is 1.54 bits per heavy atom. The molecule has 2 saturated heterocycles. The van der Waals surface area contributed by atoms with Crippen LogP contribution in [-0.4, -0.2) is 49.3 Å². The molecule has 3 nitrogen and oxygen atoms in total. The first-order valence-electron chi connectivity index (χ1n) is 5.32. The molecule has 2 fully saturated rings. The van der Waals surface area contributed by atoms with Crippen LogP contribution in [0.15, 0.2) is 0 Å². The smallest absolute Gasteiger partial charge is 0.0471 e. The zero-order valence-corrected chi connectivity index (χ0v) is 8.37. The van der Waals surface area contributed by atoms with Crippen LogP contribution >= 0.6 is 0 Å². The highest BCUT2D eigenvalue weighted by atomic mass is 16.3. The molecule has 0 spiro atoms. The number of likely N-dealkylation sites (tertiary alicyclic amines) is 1. The lowest BCUT2D eigenvalue weighted by molar-refractivity contribution is 0.0851. The molecule has 0 aliphatic carbocycles. The molecule has 2 N–H and O–H groups in total. The number of nitrogens with zero attached hydrogens (tertiary/aromatic N) is 1. The molecule has 3 heteroatoms. The Bertz CT molecular complexity index is 174. The fraction of sp³-hybridized carbons (Fsp3) is 1.00. The van der Waals surface area contributed by atoms with Crippen LogP contribution in [0.25, 0.3) is 0 Å². The van der Waals surface area contributed by atoms with Crippen LogP contribution in [0.2, 0.25) is 0 Å². The summed E-state index contributed by atoms with van der Waals surface area (Å²) in [4.78, 5) is 2.41. The molecule has 0 amide bonds. The molecule has 0 radical (unpaired) electrons. The van der Waals surface area contributed by atoms with Gasteiger partial charge >= 0.3 is 0 Å². The van der Waals surface area contributed by atoms with Crippen molar-refractivity contribution < 1.29 is 5.11 Å². The Kier molecular flexibility index (Phi) is 2.86. The standard InChI is InChI=1S/C10H20N2O/c1-12-3-2-10-9(6-12)4-8(7-13)5-11-10/h8-11,13H,2-7H2,1H3. The SMILES string of the molecule is CN1CCC2NCC(CO)CC2C1. The zero-order chi connectivity index (χ0) is 9.26. The summed E-state index contributed by atoms with van der Waals surface area (Å²) in [7, 11) is 2.19. The van der Waals surface area contributed by atoms with Crippen molar-refractivity contribution in [1.82, 2.24) is 10.2 Å². The quantitative estimate of drug-likeness (QED) is 0.598. The van der Waals surface area contributed by atoms with E-state index in [9.17, 15) is 0 Å². The highest BCUT2D eigenvalue weighted by Crippen LogP contribution is 2.26. The minimum Gasteiger partial charge on any atom is -0.396 e. The Labute approximate surface area is 80.1 Å². The van der Waals surface area contributed by atoms with Gasteiger partial charge in [0.05, 0.1) is 0 Å². The lowest BCUT2D eigenvalue weighted by Crippen LogP contribution is -2.53. The predicted molar refractivity (Wildman–Crippen MR) is 52.6 cm³/mol. The van der Waals surface area contributed by atoms with Crippen molar-refractivity contribution in [2.24, 2.45) is 11.8 Å². The maximum atomic E-state index is 9.09. The normalized spacial score (nSPS) is 41.5. The molecule has 76 valence electrons. The lowest BCUT2D eigenvalue weighted by Gasteiger charge is -2.42. The minimum absolute atomic E-state index is 0.347. The fourth-order valence-corrected chi connectivity index (χ4v) is 2.69. The van der Waals surface area contributed by atoms with Gasteiger partial charge in [-0.3, -0.25) is 0 Å². The van der Waals surface area contributed by atoms with Gasteiger partial charge in [0.2, 0.25) is 0 Å². The Morgan fingerprint density at radius 2 is 2.38 bits per heavy atom. The van der Waals surface area contributed by atoms with Crippen molar-refractivity contribution >= 4 is 0 Å². The number of hydrogen-bond donors (Lipinski definition) is 2. The van der Waals surface area contributed by atoms with Crippen molar-refractivity contribution in [3.8, 4) is 0 Å². The average molecular weight is 184 g/mol. The minimum atomic E-state index is 0.347. The summed E-state index contributed by atoms with van der Waals surface area (Å²) in [5.74, 6) is 1.26. The topological polar surface area (TPSA) is 35.5 Å². The maximum Gasteiger partial charge on any atom is 0.0471 e. The highest BCUT2D eigenvalue weighted by molar-refractivity contribution is 4.90. The van der Waals surface area contributed by atoms with E-state index in [-0.39, 0.29) is 0 Å². The summed E-state index contributed by atoms with van der Waals surface area (Å²) in [6.07, 6.45) is 2.48. The van der Waals surface area contributed by atoms with E-state index in [1.165, 1.54) is 25.9 Å². The van der Waals surface area contributed by atoms with Crippen molar-refractivity contribution in [3.05, 3.63) is 0 Å². The molecule has 0 bridgehead atoms. The Morgan fingerprint density at radius 3 is 3.15 bits per heavy atom. The second-order valence-corrected chi connectivity index (χ2v) is 4.61. The molecule has 3 unspecified atom stereocenters. The van der Waals surface area contributed by atoms with Crippen molar-refractivity contribution in [2.75, 3.05) is 33.3 Å². The second kappa shape index (κ2) is 3.95. The maximum absolute atomic E-state index is 9.09. The largest absolute Gasteiger partial charge is 0.396 e. The molecule has 2 heterocycles. The number of fused-ring (bicyclic) bond motifs is 1. The van der Waals surface area contributed by atoms with Gasteiger partial charge in [-0.15, -0.1) is 0 Å². The van der Waals surface area contributed by atoms with Crippen LogP contribution in [0.5, 0.6) is 0 Å². The molecule has 2 rings (SSSR count). The van der Waals surface area contributed by atoms with Crippen LogP contribution in [0.4, 0.5) is 0 Å². The van der Waals surface area contributed by atoms with Gasteiger partial charge in [-0.05, 0) is 38.3 Å². The molecule has 13 heavy (non-hydrogen) atoms. The first-order valence-corrected chi connectivity index (χ1v) is 5.32. The fourth-order valence-electron chi connectivity index (χ4n) is 2.69. The monoisotopic (exact) mass is 184 g/mol. The Hall–Kier alpha value is -0.120. The van der Waals surface area contributed by atoms with Crippen LogP contribution in [0.3, 0.4) is 0 Å². The number of hydrogen-bond acceptors (Lipinski definition) is 3. The molecule has 0 aromatic rings. The van der Waals surface area contributed by atoms with Gasteiger partial charge in [0.15, 0.2) is 0 Å². The Balaban J connectivity index is 1.91. The third-order valence-corrected chi connectivity index (χ3v) is 3.50. The molecule has 0 aromatic heterocycles. The summed E-state index contributed by atoms with van der Waals surface area (Å²) in [5.41, 5.74) is 0. The molecule has 2 aliphatic heterocycles. The van der Waals surface area contributed by atoms with Gasteiger partial charge in [0.25, 0.3) is 0 Å². The van der Waals surface area contributed by atoms with E-state index in [4.69, 9.17) is 5.11 Å². The number of aliphatic hydroxyl groups excluding tert-OH is 1. The van der Waals surface area contributed by atoms with E-state index in [0.29, 0.717) is 12.5 Å². The van der Waals surface area contributed by atoms with E-state index in [1.807, 2.05) is 0 Å². The van der Waals surface area contributed by atoms with Crippen molar-refractivity contribution in [3.63, 3.8) is 0 Å². The van der Waals surface area contributed by atoms with Crippen LogP contribution in [0.1, 0.15) is 12.8 Å². The molecular weight excluding hydrogens is 164 g/mol. The lowest BCUT2D eigenvalue weighted by atomic mass is 9.81. The number of piperidine rings is 2. The average Bonchev–Trinajstić information content (AvgIpc) is 2.16. The summed E-state index contributed by atoms with van der Waals surface area (Å²) in [5, 5.41) is 12.6. The number of aliphatic hydroxyl groups is 1. The van der Waals surface area contributed by atoms with Gasteiger partial charge in [0, 0.05) is 25.7 Å². The van der Waals surface area contributed by atoms with E-state index in [2.05, 4.69) is 17.3 Å². The second-order valence-electron chi connectivity index (χ2n) is 4.61. The van der Waals surface area contributed by atoms with Gasteiger partial charge in [-0.25, -0.2) is 0 Å². The van der Waals surface area contributed by atoms with Gasteiger partial charge in [-0.2, -0.15) is 0 Å². The van der Waals surface area contributed by atoms with Gasteiger partial charge in [-0.1, -0.05) is 0 Å². The van der Waals surface area contributed by atoms with Crippen molar-refractivity contribution in [1.29, 1.82) is 0 Å². The summed E-state index contributed by atoms with van der Waals surface area (Å²) >= 11 is 0. The van der Waals surface area contributed by atoms with Crippen LogP contribution in [0, 0.1) is 11.8 Å². The zero-order valence-electron chi connectivity index (χ0n) is 8.37. The van der Waals surface area contributed by atoms with Gasteiger partial charge < -0.3 is 15.3 Å². The van der Waals surface area contributed by atoms with E-state index in [0.717, 1.165) is 18.5 Å². The molecule has 2 aliphatic rings. The van der Waals surface area contributed by atoms with Crippen molar-refractivity contribution in [2.45, 2.75) is 18.9 Å². The third kappa shape index (κ3) is 2.03. The predicted octanol–water partition coefficient (Wildman–Crippen LogP) is -0.0915. The van der Waals surface area contributed by atoms with Gasteiger partial charge in [0.1, 0.15) is 0 Å².